The molecule has 0 N–H and O–H groups in total. The van der Waals surface area contributed by atoms with Gasteiger partial charge in [-0.15, -0.1) is 0 Å². The monoisotopic (exact) mass is 384 g/mol. The van der Waals surface area contributed by atoms with Crippen LogP contribution in [0, 0.1) is 6.92 Å². The highest BCUT2D eigenvalue weighted by Gasteiger charge is 2.36. The number of anilines is 1. The first kappa shape index (κ1) is 18.9. The van der Waals surface area contributed by atoms with Crippen LogP contribution in [0.5, 0.6) is 0 Å². The molecule has 3 aromatic rings. The number of nitrogens with zero attached hydrogens (tertiary/aromatic N) is 2. The number of benzene rings is 3. The zero-order valence-corrected chi connectivity index (χ0v) is 16.7. The molecule has 1 aliphatic heterocycles. The van der Waals surface area contributed by atoms with Crippen molar-refractivity contribution in [3.8, 4) is 11.1 Å². The second-order valence-corrected chi connectivity index (χ2v) is 7.41. The van der Waals surface area contributed by atoms with Gasteiger partial charge < -0.3 is 9.80 Å². The van der Waals surface area contributed by atoms with Gasteiger partial charge in [0, 0.05) is 24.2 Å². The van der Waals surface area contributed by atoms with E-state index >= 15 is 0 Å². The molecular weight excluding hydrogens is 360 g/mol. The maximum Gasteiger partial charge on any atom is 0.254 e. The summed E-state index contributed by atoms with van der Waals surface area (Å²) in [4.78, 5) is 29.7. The number of amides is 2. The first-order valence-electron chi connectivity index (χ1n) is 9.90. The molecule has 146 valence electrons. The summed E-state index contributed by atoms with van der Waals surface area (Å²) in [7, 11) is 0. The van der Waals surface area contributed by atoms with Crippen LogP contribution in [0.2, 0.25) is 0 Å². The number of carbonyl (C=O) groups is 2. The number of rotatable bonds is 3. The van der Waals surface area contributed by atoms with Crippen LogP contribution in [0.15, 0.2) is 78.9 Å². The summed E-state index contributed by atoms with van der Waals surface area (Å²) in [5.74, 6) is -0.151. The lowest BCUT2D eigenvalue weighted by atomic mass is 10.0. The van der Waals surface area contributed by atoms with Gasteiger partial charge in [-0.3, -0.25) is 9.59 Å². The van der Waals surface area contributed by atoms with Crippen molar-refractivity contribution in [2.45, 2.75) is 19.9 Å². The Kier molecular flexibility index (Phi) is 5.17. The molecule has 3 aromatic carbocycles. The fraction of sp³-hybridized carbons (Fsp3) is 0.200. The normalized spacial score (nSPS) is 16.8. The predicted octanol–water partition coefficient (Wildman–Crippen LogP) is 4.54. The quantitative estimate of drug-likeness (QED) is 0.665. The summed E-state index contributed by atoms with van der Waals surface area (Å²) in [6.45, 7) is 4.78. The third-order valence-electron chi connectivity index (χ3n) is 5.49. The largest absolute Gasteiger partial charge is 0.325 e. The molecule has 0 spiro atoms. The second-order valence-electron chi connectivity index (χ2n) is 7.41. The van der Waals surface area contributed by atoms with Crippen molar-refractivity contribution in [3.05, 3.63) is 90.0 Å². The molecule has 4 rings (SSSR count). The van der Waals surface area contributed by atoms with Gasteiger partial charge in [0.15, 0.2) is 0 Å². The maximum absolute atomic E-state index is 13.2. The van der Waals surface area contributed by atoms with Crippen LogP contribution < -0.4 is 4.90 Å². The van der Waals surface area contributed by atoms with Crippen LogP contribution in [-0.2, 0) is 4.79 Å². The van der Waals surface area contributed by atoms with Gasteiger partial charge in [0.1, 0.15) is 6.04 Å². The van der Waals surface area contributed by atoms with E-state index in [0.717, 1.165) is 22.4 Å². The number of piperazine rings is 1. The number of hydrogen-bond acceptors (Lipinski definition) is 2. The number of para-hydroxylation sites is 1. The van der Waals surface area contributed by atoms with Crippen molar-refractivity contribution in [1.29, 1.82) is 0 Å². The van der Waals surface area contributed by atoms with Crippen LogP contribution in [0.25, 0.3) is 11.1 Å². The molecule has 1 fully saturated rings. The molecule has 1 heterocycles. The van der Waals surface area contributed by atoms with E-state index in [2.05, 4.69) is 0 Å². The van der Waals surface area contributed by atoms with Crippen molar-refractivity contribution in [3.63, 3.8) is 0 Å². The van der Waals surface area contributed by atoms with E-state index in [1.807, 2.05) is 97.6 Å². The Hall–Kier alpha value is -3.40. The highest BCUT2D eigenvalue weighted by atomic mass is 16.2. The van der Waals surface area contributed by atoms with Crippen LogP contribution in [-0.4, -0.2) is 35.8 Å². The molecule has 0 saturated carbocycles. The minimum absolute atomic E-state index is 0.0555. The van der Waals surface area contributed by atoms with E-state index in [1.54, 1.807) is 4.90 Å². The van der Waals surface area contributed by atoms with Crippen molar-refractivity contribution >= 4 is 17.5 Å². The van der Waals surface area contributed by atoms with Gasteiger partial charge in [0.25, 0.3) is 5.91 Å². The molecule has 1 aliphatic rings. The van der Waals surface area contributed by atoms with Crippen LogP contribution in [0.1, 0.15) is 22.8 Å². The highest BCUT2D eigenvalue weighted by Crippen LogP contribution is 2.32. The Bertz CT molecular complexity index is 1030. The molecular formula is C25H24N2O2. The topological polar surface area (TPSA) is 40.6 Å². The van der Waals surface area contributed by atoms with Gasteiger partial charge in [-0.05, 0) is 37.6 Å². The third kappa shape index (κ3) is 3.66. The first-order valence-corrected chi connectivity index (χ1v) is 9.90. The summed E-state index contributed by atoms with van der Waals surface area (Å²) in [6, 6.07) is 25.0. The lowest BCUT2D eigenvalue weighted by molar-refractivity contribution is -0.124. The van der Waals surface area contributed by atoms with Crippen LogP contribution in [0.3, 0.4) is 0 Å². The van der Waals surface area contributed by atoms with Gasteiger partial charge in [-0.1, -0.05) is 66.2 Å². The van der Waals surface area contributed by atoms with Crippen LogP contribution in [0.4, 0.5) is 5.69 Å². The van der Waals surface area contributed by atoms with Gasteiger partial charge >= 0.3 is 0 Å². The Morgan fingerprint density at radius 2 is 1.52 bits per heavy atom. The van der Waals surface area contributed by atoms with E-state index in [1.165, 1.54) is 0 Å². The zero-order chi connectivity index (χ0) is 20.4. The molecule has 0 bridgehead atoms. The standard InChI is InChI=1S/C25H24N2O2/c1-18-12-14-21(15-13-18)25(29)26-16-17-27(24(28)19(26)2)23-11-7-6-10-22(23)20-8-4-3-5-9-20/h3-15,19H,16-17H2,1-2H3. The number of hydrogen-bond donors (Lipinski definition) is 0. The fourth-order valence-corrected chi connectivity index (χ4v) is 3.82. The molecule has 2 amide bonds. The lowest BCUT2D eigenvalue weighted by Gasteiger charge is -2.39. The van der Waals surface area contributed by atoms with Gasteiger partial charge in [0.2, 0.25) is 5.91 Å². The van der Waals surface area contributed by atoms with E-state index < -0.39 is 6.04 Å². The molecule has 0 aromatic heterocycles. The Morgan fingerprint density at radius 3 is 2.24 bits per heavy atom. The Balaban J connectivity index is 1.60. The van der Waals surface area contributed by atoms with Crippen molar-refractivity contribution < 1.29 is 9.59 Å². The summed E-state index contributed by atoms with van der Waals surface area (Å²) in [6.07, 6.45) is 0. The predicted molar refractivity (Wildman–Crippen MR) is 116 cm³/mol. The van der Waals surface area contributed by atoms with Gasteiger partial charge in [-0.25, -0.2) is 0 Å². The zero-order valence-electron chi connectivity index (χ0n) is 16.7. The Labute approximate surface area is 171 Å². The molecule has 1 saturated heterocycles. The molecule has 4 heteroatoms. The van der Waals surface area contributed by atoms with Crippen molar-refractivity contribution in [2.75, 3.05) is 18.0 Å². The summed E-state index contributed by atoms with van der Waals surface area (Å²) in [5.41, 5.74) is 4.70. The average molecular weight is 384 g/mol. The molecule has 4 nitrogen and oxygen atoms in total. The highest BCUT2D eigenvalue weighted by molar-refractivity contribution is 6.05. The summed E-state index contributed by atoms with van der Waals surface area (Å²) in [5, 5.41) is 0. The van der Waals surface area contributed by atoms with Gasteiger partial charge in [0.05, 0.1) is 5.69 Å². The van der Waals surface area contributed by atoms with E-state index in [4.69, 9.17) is 0 Å². The van der Waals surface area contributed by atoms with E-state index in [9.17, 15) is 9.59 Å². The number of carbonyl (C=O) groups excluding carboxylic acids is 2. The lowest BCUT2D eigenvalue weighted by Crippen LogP contribution is -2.57. The van der Waals surface area contributed by atoms with E-state index in [-0.39, 0.29) is 11.8 Å². The minimum Gasteiger partial charge on any atom is -0.325 e. The minimum atomic E-state index is -0.513. The van der Waals surface area contributed by atoms with Crippen LogP contribution >= 0.6 is 0 Å². The summed E-state index contributed by atoms with van der Waals surface area (Å²) >= 11 is 0. The maximum atomic E-state index is 13.2. The molecule has 29 heavy (non-hydrogen) atoms. The second kappa shape index (κ2) is 7.92. The summed E-state index contributed by atoms with van der Waals surface area (Å²) < 4.78 is 0. The van der Waals surface area contributed by atoms with E-state index in [0.29, 0.717) is 18.7 Å². The third-order valence-corrected chi connectivity index (χ3v) is 5.49. The number of aryl methyl sites for hydroxylation is 1. The van der Waals surface area contributed by atoms with Crippen molar-refractivity contribution in [1.82, 2.24) is 4.90 Å². The average Bonchev–Trinajstić information content (AvgIpc) is 2.76. The first-order chi connectivity index (χ1) is 14.1. The van der Waals surface area contributed by atoms with Gasteiger partial charge in [-0.2, -0.15) is 0 Å². The smallest absolute Gasteiger partial charge is 0.254 e. The Morgan fingerprint density at radius 1 is 0.862 bits per heavy atom. The molecule has 0 radical (unpaired) electrons. The molecule has 1 unspecified atom stereocenters. The molecule has 0 aliphatic carbocycles. The fourth-order valence-electron chi connectivity index (χ4n) is 3.82. The SMILES string of the molecule is Cc1ccc(C(=O)N2CCN(c3ccccc3-c3ccccc3)C(=O)C2C)cc1. The van der Waals surface area contributed by atoms with Crippen molar-refractivity contribution in [2.24, 2.45) is 0 Å². The molecule has 1 atom stereocenters.